The molecule has 4 heteroatoms. The molecule has 0 aromatic heterocycles. The molecule has 0 atom stereocenters. The Morgan fingerprint density at radius 1 is 1.53 bits per heavy atom. The van der Waals surface area contributed by atoms with Gasteiger partial charge in [0.1, 0.15) is 0 Å². The quantitative estimate of drug-likeness (QED) is 0.845. The van der Waals surface area contributed by atoms with Crippen molar-refractivity contribution in [2.45, 2.75) is 26.3 Å². The summed E-state index contributed by atoms with van der Waals surface area (Å²) in [7, 11) is 0. The van der Waals surface area contributed by atoms with Gasteiger partial charge in [0.25, 0.3) is 0 Å². The molecule has 4 nitrogen and oxygen atoms in total. The summed E-state index contributed by atoms with van der Waals surface area (Å²) in [5.41, 5.74) is 1.48. The summed E-state index contributed by atoms with van der Waals surface area (Å²) in [6, 6.07) is 9.50. The molecule has 0 saturated carbocycles. The monoisotopic (exact) mass is 232 g/mol. The lowest BCUT2D eigenvalue weighted by atomic mass is 10.1. The zero-order valence-corrected chi connectivity index (χ0v) is 10.1. The molecule has 0 fully saturated rings. The number of nitriles is 1. The topological polar surface area (TPSA) is 64.3 Å². The molecule has 90 valence electrons. The Morgan fingerprint density at radius 3 is 2.76 bits per heavy atom. The Balaban J connectivity index is 2.89. The van der Waals surface area contributed by atoms with E-state index in [1.807, 2.05) is 30.9 Å². The highest BCUT2D eigenvalue weighted by Crippen LogP contribution is 2.18. The Morgan fingerprint density at radius 2 is 2.24 bits per heavy atom. The Bertz CT molecular complexity index is 435. The van der Waals surface area contributed by atoms with Crippen molar-refractivity contribution in [1.29, 1.82) is 5.26 Å². The molecule has 0 saturated heterocycles. The summed E-state index contributed by atoms with van der Waals surface area (Å²) in [6.07, 6.45) is 0.0922. The van der Waals surface area contributed by atoms with Crippen molar-refractivity contribution in [2.75, 3.05) is 11.4 Å². The van der Waals surface area contributed by atoms with Crippen molar-refractivity contribution in [3.8, 4) is 6.07 Å². The van der Waals surface area contributed by atoms with Crippen LogP contribution in [0.1, 0.15) is 25.8 Å². The Labute approximate surface area is 101 Å². The van der Waals surface area contributed by atoms with Crippen molar-refractivity contribution in [1.82, 2.24) is 0 Å². The van der Waals surface area contributed by atoms with Gasteiger partial charge in [0.15, 0.2) is 0 Å². The highest BCUT2D eigenvalue weighted by Gasteiger charge is 2.12. The van der Waals surface area contributed by atoms with Crippen LogP contribution in [0.5, 0.6) is 0 Å². The van der Waals surface area contributed by atoms with Gasteiger partial charge in [-0.3, -0.25) is 4.79 Å². The van der Waals surface area contributed by atoms with Gasteiger partial charge in [0.2, 0.25) is 0 Å². The summed E-state index contributed by atoms with van der Waals surface area (Å²) in [4.78, 5) is 12.6. The van der Waals surface area contributed by atoms with Gasteiger partial charge in [0, 0.05) is 18.3 Å². The number of hydrogen-bond donors (Lipinski definition) is 1. The van der Waals surface area contributed by atoms with E-state index in [-0.39, 0.29) is 12.5 Å². The van der Waals surface area contributed by atoms with Crippen LogP contribution in [0.3, 0.4) is 0 Å². The third-order valence-corrected chi connectivity index (χ3v) is 2.50. The third kappa shape index (κ3) is 3.80. The van der Waals surface area contributed by atoms with Gasteiger partial charge in [-0.15, -0.1) is 0 Å². The lowest BCUT2D eigenvalue weighted by molar-refractivity contribution is -0.136. The molecule has 0 unspecified atom stereocenters. The van der Waals surface area contributed by atoms with Gasteiger partial charge in [-0.1, -0.05) is 6.07 Å². The number of hydrogen-bond acceptors (Lipinski definition) is 3. The second-order valence-electron chi connectivity index (χ2n) is 4.09. The number of rotatable bonds is 5. The number of nitrogens with zero attached hydrogens (tertiary/aromatic N) is 2. The molecule has 0 spiro atoms. The molecule has 1 N–H and O–H groups in total. The van der Waals surface area contributed by atoms with E-state index in [4.69, 9.17) is 10.4 Å². The maximum absolute atomic E-state index is 10.6. The average Bonchev–Trinajstić information content (AvgIpc) is 2.28. The molecule has 0 aliphatic rings. The number of benzene rings is 1. The van der Waals surface area contributed by atoms with E-state index in [9.17, 15) is 4.79 Å². The normalized spacial score (nSPS) is 10.0. The van der Waals surface area contributed by atoms with E-state index >= 15 is 0 Å². The van der Waals surface area contributed by atoms with Crippen molar-refractivity contribution >= 4 is 11.7 Å². The van der Waals surface area contributed by atoms with E-state index in [1.165, 1.54) is 0 Å². The van der Waals surface area contributed by atoms with Gasteiger partial charge in [-0.05, 0) is 32.0 Å². The van der Waals surface area contributed by atoms with E-state index in [2.05, 4.69) is 6.07 Å². The fourth-order valence-corrected chi connectivity index (χ4v) is 1.66. The van der Waals surface area contributed by atoms with Crippen LogP contribution in [-0.4, -0.2) is 23.7 Å². The second-order valence-corrected chi connectivity index (χ2v) is 4.09. The smallest absolute Gasteiger partial charge is 0.305 e. The van der Waals surface area contributed by atoms with Gasteiger partial charge in [0.05, 0.1) is 18.1 Å². The number of carboxylic acid groups (broad SMARTS) is 1. The minimum Gasteiger partial charge on any atom is -0.481 e. The zero-order chi connectivity index (χ0) is 12.8. The predicted molar refractivity (Wildman–Crippen MR) is 65.9 cm³/mol. The first kappa shape index (κ1) is 13.0. The molecule has 0 radical (unpaired) electrons. The highest BCUT2D eigenvalue weighted by molar-refractivity contribution is 5.67. The number of aliphatic carboxylic acids is 1. The Hall–Kier alpha value is -2.02. The molecule has 1 aromatic rings. The van der Waals surface area contributed by atoms with Crippen LogP contribution in [0, 0.1) is 11.3 Å². The van der Waals surface area contributed by atoms with Crippen LogP contribution in [0.2, 0.25) is 0 Å². The fourth-order valence-electron chi connectivity index (χ4n) is 1.66. The summed E-state index contributed by atoms with van der Waals surface area (Å²) < 4.78 is 0. The van der Waals surface area contributed by atoms with E-state index in [0.717, 1.165) is 5.69 Å². The largest absolute Gasteiger partial charge is 0.481 e. The standard InChI is InChI=1S/C13H16N2O2/c1-10(2)15(7-6-13(16)17)12-5-3-4-11(8-12)9-14/h3-5,8,10H,6-7H2,1-2H3,(H,16,17). The van der Waals surface area contributed by atoms with Crippen LogP contribution >= 0.6 is 0 Å². The number of carbonyl (C=O) groups is 1. The molecule has 0 amide bonds. The number of carboxylic acids is 1. The molecule has 0 heterocycles. The Kier molecular flexibility index (Phi) is 4.53. The summed E-state index contributed by atoms with van der Waals surface area (Å²) >= 11 is 0. The molecule has 17 heavy (non-hydrogen) atoms. The van der Waals surface area contributed by atoms with E-state index in [0.29, 0.717) is 12.1 Å². The SMILES string of the molecule is CC(C)N(CCC(=O)O)c1cccc(C#N)c1. The summed E-state index contributed by atoms with van der Waals surface area (Å²) in [6.45, 7) is 4.45. The van der Waals surface area contributed by atoms with Gasteiger partial charge < -0.3 is 10.0 Å². The van der Waals surface area contributed by atoms with Crippen LogP contribution in [0.15, 0.2) is 24.3 Å². The molecular weight excluding hydrogens is 216 g/mol. The van der Waals surface area contributed by atoms with Gasteiger partial charge in [-0.25, -0.2) is 0 Å². The van der Waals surface area contributed by atoms with Crippen molar-refractivity contribution in [2.24, 2.45) is 0 Å². The van der Waals surface area contributed by atoms with Gasteiger partial charge >= 0.3 is 5.97 Å². The van der Waals surface area contributed by atoms with E-state index in [1.54, 1.807) is 12.1 Å². The fraction of sp³-hybridized carbons (Fsp3) is 0.385. The molecule has 0 aliphatic heterocycles. The third-order valence-electron chi connectivity index (χ3n) is 2.50. The first-order valence-electron chi connectivity index (χ1n) is 5.53. The van der Waals surface area contributed by atoms with Crippen molar-refractivity contribution < 1.29 is 9.90 Å². The molecular formula is C13H16N2O2. The average molecular weight is 232 g/mol. The van der Waals surface area contributed by atoms with Gasteiger partial charge in [-0.2, -0.15) is 5.26 Å². The first-order valence-corrected chi connectivity index (χ1v) is 5.53. The van der Waals surface area contributed by atoms with Crippen molar-refractivity contribution in [3.63, 3.8) is 0 Å². The summed E-state index contributed by atoms with van der Waals surface area (Å²) in [5, 5.41) is 17.6. The maximum Gasteiger partial charge on any atom is 0.305 e. The zero-order valence-electron chi connectivity index (χ0n) is 10.1. The molecule has 0 aliphatic carbocycles. The molecule has 1 rings (SSSR count). The lowest BCUT2D eigenvalue weighted by Gasteiger charge is -2.28. The second kappa shape index (κ2) is 5.90. The van der Waals surface area contributed by atoms with Crippen LogP contribution in [-0.2, 0) is 4.79 Å². The first-order chi connectivity index (χ1) is 8.04. The highest BCUT2D eigenvalue weighted by atomic mass is 16.4. The van der Waals surface area contributed by atoms with E-state index < -0.39 is 5.97 Å². The minimum absolute atomic E-state index is 0.0922. The maximum atomic E-state index is 10.6. The number of anilines is 1. The van der Waals surface area contributed by atoms with Crippen molar-refractivity contribution in [3.05, 3.63) is 29.8 Å². The summed E-state index contributed by atoms with van der Waals surface area (Å²) in [5.74, 6) is -0.813. The predicted octanol–water partition coefficient (Wildman–Crippen LogP) is 2.25. The molecule has 1 aromatic carbocycles. The lowest BCUT2D eigenvalue weighted by Crippen LogP contribution is -2.32. The minimum atomic E-state index is -0.813. The van der Waals surface area contributed by atoms with Crippen LogP contribution in [0.4, 0.5) is 5.69 Å². The molecule has 0 bridgehead atoms. The van der Waals surface area contributed by atoms with Crippen LogP contribution in [0.25, 0.3) is 0 Å². The van der Waals surface area contributed by atoms with Crippen LogP contribution < -0.4 is 4.90 Å².